The van der Waals surface area contributed by atoms with Gasteiger partial charge < -0.3 is 9.52 Å². The maximum Gasteiger partial charge on any atom is 0.416 e. The third kappa shape index (κ3) is 4.84. The lowest BCUT2D eigenvalue weighted by atomic mass is 9.96. The summed E-state index contributed by atoms with van der Waals surface area (Å²) in [6, 6.07) is 13.4. The summed E-state index contributed by atoms with van der Waals surface area (Å²) < 4.78 is 71.4. The molecule has 192 valence electrons. The number of phenolic OH excluding ortho intramolecular Hbond substituents is 1. The second-order valence-electron chi connectivity index (χ2n) is 8.77. The number of phenols is 1. The molecule has 1 fully saturated rings. The number of alkyl halides is 3. The Morgan fingerprint density at radius 3 is 2.57 bits per heavy atom. The molecular weight excluding hydrogens is 509 g/mol. The number of sulfonamides is 1. The van der Waals surface area contributed by atoms with Gasteiger partial charge in [-0.3, -0.25) is 9.78 Å². The molecule has 0 amide bonds. The number of fused-ring (bicyclic) bond motifs is 1. The number of aryl methyl sites for hydroxylation is 1. The number of aromatic nitrogens is 1. The summed E-state index contributed by atoms with van der Waals surface area (Å²) >= 11 is 0. The highest BCUT2D eigenvalue weighted by Crippen LogP contribution is 2.36. The highest BCUT2D eigenvalue weighted by atomic mass is 32.2. The monoisotopic (exact) mass is 530 g/mol. The molecule has 4 aromatic rings. The molecule has 1 N–H and O–H groups in total. The van der Waals surface area contributed by atoms with Crippen LogP contribution in [0.15, 0.2) is 76.4 Å². The van der Waals surface area contributed by atoms with Crippen LogP contribution in [0.1, 0.15) is 24.0 Å². The first-order valence-corrected chi connectivity index (χ1v) is 12.9. The van der Waals surface area contributed by atoms with Gasteiger partial charge in [0.05, 0.1) is 17.3 Å². The Bertz CT molecular complexity index is 1560. The van der Waals surface area contributed by atoms with Gasteiger partial charge in [0.1, 0.15) is 11.3 Å². The van der Waals surface area contributed by atoms with Crippen molar-refractivity contribution in [1.29, 1.82) is 0 Å². The van der Waals surface area contributed by atoms with Gasteiger partial charge in [0.15, 0.2) is 5.78 Å². The van der Waals surface area contributed by atoms with Gasteiger partial charge in [-0.1, -0.05) is 18.2 Å². The second-order valence-corrected chi connectivity index (χ2v) is 10.6. The Morgan fingerprint density at radius 2 is 1.89 bits per heavy atom. The Morgan fingerprint density at radius 1 is 1.11 bits per heavy atom. The van der Waals surface area contributed by atoms with Crippen molar-refractivity contribution < 1.29 is 35.9 Å². The summed E-state index contributed by atoms with van der Waals surface area (Å²) in [6.45, 7) is 0.211. The van der Waals surface area contributed by atoms with Crippen LogP contribution in [0.5, 0.6) is 5.75 Å². The van der Waals surface area contributed by atoms with Crippen LogP contribution in [0.25, 0.3) is 22.2 Å². The lowest BCUT2D eigenvalue weighted by molar-refractivity contribution is -0.137. The van der Waals surface area contributed by atoms with E-state index in [9.17, 15) is 31.5 Å². The van der Waals surface area contributed by atoms with Crippen molar-refractivity contribution in [2.45, 2.75) is 36.6 Å². The number of pyridine rings is 1. The highest BCUT2D eigenvalue weighted by molar-refractivity contribution is 7.89. The van der Waals surface area contributed by atoms with E-state index in [1.54, 1.807) is 36.4 Å². The van der Waals surface area contributed by atoms with Crippen molar-refractivity contribution in [2.24, 2.45) is 0 Å². The van der Waals surface area contributed by atoms with E-state index < -0.39 is 33.6 Å². The van der Waals surface area contributed by atoms with E-state index in [0.717, 1.165) is 16.4 Å². The normalized spacial score (nSPS) is 16.6. The minimum absolute atomic E-state index is 0.0548. The first-order valence-electron chi connectivity index (χ1n) is 11.4. The van der Waals surface area contributed by atoms with Gasteiger partial charge >= 0.3 is 6.18 Å². The van der Waals surface area contributed by atoms with E-state index in [1.807, 2.05) is 0 Å². The summed E-state index contributed by atoms with van der Waals surface area (Å²) in [5.41, 5.74) is 0.524. The SMILES string of the molecule is O=C(CCc1ccnc(-c2ccc(C(F)(F)F)cc2O)c1)[C@@H]1CCN1S(=O)(=O)c1cc2ccccc2o1. The Balaban J connectivity index is 1.27. The van der Waals surface area contributed by atoms with Crippen molar-refractivity contribution in [3.63, 3.8) is 0 Å². The maximum absolute atomic E-state index is 13.1. The summed E-state index contributed by atoms with van der Waals surface area (Å²) in [5.74, 6) is -0.807. The number of para-hydroxylation sites is 1. The summed E-state index contributed by atoms with van der Waals surface area (Å²) in [5, 5.41) is 10.6. The average Bonchev–Trinajstić information content (AvgIpc) is 3.27. The molecule has 0 unspecified atom stereocenters. The molecule has 1 atom stereocenters. The molecule has 1 aliphatic rings. The molecule has 5 rings (SSSR count). The molecule has 0 bridgehead atoms. The zero-order chi connectivity index (χ0) is 26.4. The van der Waals surface area contributed by atoms with Crippen LogP contribution in [0.4, 0.5) is 13.2 Å². The number of carbonyl (C=O) groups is 1. The number of carbonyl (C=O) groups excluding carboxylic acids is 1. The summed E-state index contributed by atoms with van der Waals surface area (Å²) in [6.07, 6.45) is -2.42. The third-order valence-electron chi connectivity index (χ3n) is 6.39. The lowest BCUT2D eigenvalue weighted by Crippen LogP contribution is -2.54. The number of nitrogens with zero attached hydrogens (tertiary/aromatic N) is 2. The van der Waals surface area contributed by atoms with Crippen molar-refractivity contribution in [3.05, 3.63) is 78.0 Å². The van der Waals surface area contributed by atoms with Crippen LogP contribution < -0.4 is 0 Å². The molecule has 3 heterocycles. The largest absolute Gasteiger partial charge is 0.507 e. The molecule has 1 saturated heterocycles. The fraction of sp³-hybridized carbons (Fsp3) is 0.231. The second kappa shape index (κ2) is 9.31. The van der Waals surface area contributed by atoms with Crippen LogP contribution in [-0.2, 0) is 27.4 Å². The molecule has 37 heavy (non-hydrogen) atoms. The third-order valence-corrected chi connectivity index (χ3v) is 8.16. The van der Waals surface area contributed by atoms with E-state index in [0.29, 0.717) is 29.0 Å². The number of rotatable bonds is 7. The van der Waals surface area contributed by atoms with Crippen LogP contribution in [0.3, 0.4) is 0 Å². The zero-order valence-electron chi connectivity index (χ0n) is 19.3. The zero-order valence-corrected chi connectivity index (χ0v) is 20.1. The van der Waals surface area contributed by atoms with E-state index in [1.165, 1.54) is 12.3 Å². The van der Waals surface area contributed by atoms with Crippen molar-refractivity contribution in [2.75, 3.05) is 6.54 Å². The minimum atomic E-state index is -4.58. The van der Waals surface area contributed by atoms with Gasteiger partial charge in [-0.25, -0.2) is 8.42 Å². The topological polar surface area (TPSA) is 101 Å². The number of benzene rings is 2. The molecule has 0 saturated carbocycles. The molecular formula is C26H21F3N2O5S. The van der Waals surface area contributed by atoms with Crippen LogP contribution in [0, 0.1) is 0 Å². The average molecular weight is 531 g/mol. The fourth-order valence-corrected chi connectivity index (χ4v) is 5.91. The minimum Gasteiger partial charge on any atom is -0.507 e. The number of Topliss-reactive ketones (excluding diaryl/α,β-unsaturated/α-hetero) is 1. The van der Waals surface area contributed by atoms with Crippen LogP contribution in [-0.4, -0.2) is 41.2 Å². The number of aromatic hydroxyl groups is 1. The van der Waals surface area contributed by atoms with Crippen molar-refractivity contribution in [1.82, 2.24) is 9.29 Å². The molecule has 2 aromatic heterocycles. The smallest absolute Gasteiger partial charge is 0.416 e. The fourth-order valence-electron chi connectivity index (χ4n) is 4.31. The Kier molecular flexibility index (Phi) is 6.28. The van der Waals surface area contributed by atoms with E-state index in [4.69, 9.17) is 4.42 Å². The van der Waals surface area contributed by atoms with Gasteiger partial charge in [-0.05, 0) is 54.8 Å². The predicted octanol–water partition coefficient (Wildman–Crippen LogP) is 5.18. The van der Waals surface area contributed by atoms with Gasteiger partial charge in [0.25, 0.3) is 10.0 Å². The summed E-state index contributed by atoms with van der Waals surface area (Å²) in [7, 11) is -3.97. The van der Waals surface area contributed by atoms with Crippen LogP contribution in [0.2, 0.25) is 0 Å². The maximum atomic E-state index is 13.1. The standard InChI is InChI=1S/C26H21F3N2O5S/c27-26(28,29)18-6-7-19(23(33)15-18)20-13-16(9-11-30-20)5-8-22(32)21-10-12-31(21)37(34,35)25-14-17-3-1-2-4-24(17)36-25/h1-4,6-7,9,11,13-15,21,33H,5,8,10,12H2/t21-/m0/s1. The summed E-state index contributed by atoms with van der Waals surface area (Å²) in [4.78, 5) is 17.0. The number of furan rings is 1. The Labute approximate surface area is 210 Å². The first-order chi connectivity index (χ1) is 17.5. The van der Waals surface area contributed by atoms with Crippen molar-refractivity contribution >= 4 is 26.8 Å². The molecule has 0 radical (unpaired) electrons. The number of hydrogen-bond acceptors (Lipinski definition) is 6. The highest BCUT2D eigenvalue weighted by Gasteiger charge is 2.43. The molecule has 7 nitrogen and oxygen atoms in total. The van der Waals surface area contributed by atoms with E-state index >= 15 is 0 Å². The quantitative estimate of drug-likeness (QED) is 0.353. The Hall–Kier alpha value is -3.70. The van der Waals surface area contributed by atoms with E-state index in [-0.39, 0.29) is 41.5 Å². The molecule has 0 aliphatic carbocycles. The number of ketones is 1. The molecule has 11 heteroatoms. The predicted molar refractivity (Wildman–Crippen MR) is 128 cm³/mol. The molecule has 0 spiro atoms. The van der Waals surface area contributed by atoms with E-state index in [2.05, 4.69) is 4.98 Å². The van der Waals surface area contributed by atoms with Gasteiger partial charge in [-0.15, -0.1) is 0 Å². The lowest BCUT2D eigenvalue weighted by Gasteiger charge is -2.37. The first kappa shape index (κ1) is 25.0. The number of hydrogen-bond donors (Lipinski definition) is 1. The molecule has 1 aliphatic heterocycles. The van der Waals surface area contributed by atoms with Gasteiger partial charge in [0.2, 0.25) is 5.09 Å². The molecule has 2 aromatic carbocycles. The van der Waals surface area contributed by atoms with Gasteiger partial charge in [0, 0.05) is 36.2 Å². The van der Waals surface area contributed by atoms with Crippen molar-refractivity contribution in [3.8, 4) is 17.0 Å². The number of halogens is 3. The van der Waals surface area contributed by atoms with Gasteiger partial charge in [-0.2, -0.15) is 17.5 Å². The van der Waals surface area contributed by atoms with Crippen LogP contribution >= 0.6 is 0 Å².